The lowest BCUT2D eigenvalue weighted by molar-refractivity contribution is -0.928. The van der Waals surface area contributed by atoms with Gasteiger partial charge < -0.3 is 29.1 Å². The average molecular weight is 888 g/mol. The standard InChI is InChI=1S/C16H22FNO3S.C15H34N.C14H20FNO5S/c1-11(19)22-10-13(18-15(20)21-16(2,3)4)9-12-7-5-6-8-14(12)17;1-5-9-13-16(12-8-4,14-10-6-2)15-11-7-3;1-14(2,3)21-13(17)16-11(9-22(18,19)20)8-10-6-4-5-7-12(10)15/h5-8,13H,9-10H2,1-4H3,(H,18,20);5-15H2,1-4H3;4-7,11H,8-9H2,1-3H3,(H,16,17)(H,18,19,20)/q;+1;/p-1/t13-;;11-/m1.1/s1. The third-order valence-electron chi connectivity index (χ3n) is 8.84. The number of ether oxygens (including phenoxy) is 2. The van der Waals surface area contributed by atoms with Crippen LogP contribution in [0.1, 0.15) is 132 Å². The van der Waals surface area contributed by atoms with Gasteiger partial charge in [0.25, 0.3) is 0 Å². The fourth-order valence-electron chi connectivity index (χ4n) is 6.20. The van der Waals surface area contributed by atoms with Crippen LogP contribution in [0.3, 0.4) is 0 Å². The predicted molar refractivity (Wildman–Crippen MR) is 239 cm³/mol. The molecule has 2 aromatic carbocycles. The number of unbranched alkanes of at least 4 members (excludes halogenated alkanes) is 3. The maximum absolute atomic E-state index is 13.7. The van der Waals surface area contributed by atoms with Crippen molar-refractivity contribution in [1.82, 2.24) is 10.6 Å². The van der Waals surface area contributed by atoms with E-state index in [0.717, 1.165) is 11.8 Å². The van der Waals surface area contributed by atoms with E-state index in [1.807, 2.05) is 0 Å². The lowest BCUT2D eigenvalue weighted by Crippen LogP contribution is -2.50. The van der Waals surface area contributed by atoms with E-state index in [4.69, 9.17) is 9.47 Å². The van der Waals surface area contributed by atoms with E-state index in [1.165, 1.54) is 107 Å². The van der Waals surface area contributed by atoms with E-state index in [1.54, 1.807) is 65.8 Å². The van der Waals surface area contributed by atoms with Crippen LogP contribution in [0, 0.1) is 11.6 Å². The molecule has 0 aliphatic heterocycles. The monoisotopic (exact) mass is 887 g/mol. The third-order valence-corrected chi connectivity index (χ3v) is 10.6. The Balaban J connectivity index is 0.000000884. The van der Waals surface area contributed by atoms with Crippen LogP contribution in [-0.2, 0) is 37.2 Å². The topological polar surface area (TPSA) is 151 Å². The molecular formula is C45H75F2N3O8S2. The van der Waals surface area contributed by atoms with Crippen molar-refractivity contribution in [1.29, 1.82) is 0 Å². The maximum atomic E-state index is 13.7. The summed E-state index contributed by atoms with van der Waals surface area (Å²) < 4.78 is 71.8. The highest BCUT2D eigenvalue weighted by Gasteiger charge is 2.25. The summed E-state index contributed by atoms with van der Waals surface area (Å²) in [5, 5.41) is 4.95. The molecule has 60 heavy (non-hydrogen) atoms. The number of nitrogens with one attached hydrogen (secondary N) is 2. The molecule has 0 radical (unpaired) electrons. The van der Waals surface area contributed by atoms with Gasteiger partial charge in [0.15, 0.2) is 5.12 Å². The van der Waals surface area contributed by atoms with Crippen molar-refractivity contribution >= 4 is 39.2 Å². The first-order valence-corrected chi connectivity index (χ1v) is 23.8. The van der Waals surface area contributed by atoms with Gasteiger partial charge in [0.1, 0.15) is 22.8 Å². The highest BCUT2D eigenvalue weighted by Crippen LogP contribution is 2.17. The summed E-state index contributed by atoms with van der Waals surface area (Å²) >= 11 is 1.09. The number of hydrogen-bond donors (Lipinski definition) is 2. The van der Waals surface area contributed by atoms with Gasteiger partial charge in [0, 0.05) is 24.8 Å². The highest BCUT2D eigenvalue weighted by molar-refractivity contribution is 8.13. The molecule has 344 valence electrons. The van der Waals surface area contributed by atoms with Crippen LogP contribution >= 0.6 is 11.8 Å². The quantitative estimate of drug-likeness (QED) is 0.0922. The molecule has 0 bridgehead atoms. The van der Waals surface area contributed by atoms with Gasteiger partial charge in [0.2, 0.25) is 0 Å². The van der Waals surface area contributed by atoms with Gasteiger partial charge in [-0.1, -0.05) is 95.1 Å². The second-order valence-corrected chi connectivity index (χ2v) is 19.7. The lowest BCUT2D eigenvalue weighted by Gasteiger charge is -2.39. The van der Waals surface area contributed by atoms with Crippen molar-refractivity contribution in [2.45, 2.75) is 157 Å². The van der Waals surface area contributed by atoms with Crippen LogP contribution in [0.25, 0.3) is 0 Å². The molecule has 0 saturated heterocycles. The van der Waals surface area contributed by atoms with E-state index in [0.29, 0.717) is 17.7 Å². The van der Waals surface area contributed by atoms with Crippen molar-refractivity contribution < 1.29 is 50.1 Å². The second kappa shape index (κ2) is 29.1. The normalized spacial score (nSPS) is 12.8. The minimum atomic E-state index is -4.59. The molecule has 2 aromatic rings. The number of rotatable bonds is 21. The zero-order valence-electron chi connectivity index (χ0n) is 38.2. The predicted octanol–water partition coefficient (Wildman–Crippen LogP) is 9.96. The van der Waals surface area contributed by atoms with Gasteiger partial charge in [-0.05, 0) is 103 Å². The summed E-state index contributed by atoms with van der Waals surface area (Å²) in [6, 6.07) is 10.7. The van der Waals surface area contributed by atoms with Gasteiger partial charge in [-0.2, -0.15) is 0 Å². The Morgan fingerprint density at radius 3 is 1.40 bits per heavy atom. The molecule has 0 unspecified atom stereocenters. The van der Waals surface area contributed by atoms with E-state index in [-0.39, 0.29) is 29.0 Å². The van der Waals surface area contributed by atoms with Crippen molar-refractivity contribution in [3.63, 3.8) is 0 Å². The van der Waals surface area contributed by atoms with Gasteiger partial charge in [0.05, 0.1) is 42.1 Å². The molecule has 2 N–H and O–H groups in total. The van der Waals surface area contributed by atoms with Crippen LogP contribution in [0.4, 0.5) is 18.4 Å². The van der Waals surface area contributed by atoms with Crippen molar-refractivity contribution in [2.24, 2.45) is 0 Å². The average Bonchev–Trinajstić information content (AvgIpc) is 3.11. The second-order valence-electron chi connectivity index (χ2n) is 17.1. The molecule has 2 atom stereocenters. The molecule has 0 saturated carbocycles. The summed E-state index contributed by atoms with van der Waals surface area (Å²) in [7, 11) is -4.59. The molecule has 15 heteroatoms. The Kier molecular flexibility index (Phi) is 27.5. The summed E-state index contributed by atoms with van der Waals surface area (Å²) in [4.78, 5) is 34.7. The molecule has 0 fully saturated rings. The van der Waals surface area contributed by atoms with Crippen LogP contribution in [0.2, 0.25) is 0 Å². The first-order chi connectivity index (χ1) is 27.9. The minimum absolute atomic E-state index is 0.0514. The lowest BCUT2D eigenvalue weighted by atomic mass is 10.1. The molecule has 0 aliphatic rings. The third kappa shape index (κ3) is 29.1. The summed E-state index contributed by atoms with van der Waals surface area (Å²) in [6.07, 6.45) is 8.35. The van der Waals surface area contributed by atoms with Gasteiger partial charge in [-0.25, -0.2) is 26.8 Å². The smallest absolute Gasteiger partial charge is 0.407 e. The molecule has 0 aromatic heterocycles. The number of hydrogen-bond acceptors (Lipinski definition) is 9. The van der Waals surface area contributed by atoms with Gasteiger partial charge in [-0.3, -0.25) is 4.79 Å². The summed E-state index contributed by atoms with van der Waals surface area (Å²) in [5.41, 5.74) is -0.691. The van der Waals surface area contributed by atoms with Crippen LogP contribution in [-0.4, -0.2) is 95.7 Å². The molecule has 0 aliphatic carbocycles. The molecule has 2 rings (SSSR count). The molecule has 0 spiro atoms. The van der Waals surface area contributed by atoms with E-state index in [9.17, 15) is 36.1 Å². The largest absolute Gasteiger partial charge is 0.748 e. The molecule has 0 heterocycles. The first kappa shape index (κ1) is 56.7. The maximum Gasteiger partial charge on any atom is 0.407 e. The highest BCUT2D eigenvalue weighted by atomic mass is 32.2. The zero-order chi connectivity index (χ0) is 46.0. The number of benzene rings is 2. The van der Waals surface area contributed by atoms with Crippen molar-refractivity contribution in [2.75, 3.05) is 37.7 Å². The molecule has 2 amide bonds. The fraction of sp³-hybridized carbons (Fsp3) is 0.667. The number of thioether (sulfide) groups is 1. The van der Waals surface area contributed by atoms with Crippen LogP contribution < -0.4 is 10.6 Å². The Hall–Kier alpha value is -3.27. The molecular weight excluding hydrogens is 813 g/mol. The molecule has 11 nitrogen and oxygen atoms in total. The first-order valence-electron chi connectivity index (χ1n) is 21.3. The number of carbonyl (C=O) groups excluding carboxylic acids is 3. The number of carbonyl (C=O) groups is 3. The summed E-state index contributed by atoms with van der Waals surface area (Å²) in [6.45, 7) is 26.7. The SMILES string of the molecule is CC(=O)SC[C@@H](Cc1ccccc1F)NC(=O)OC(C)(C)C.CC(C)(C)OC(=O)N[C@H](Cc1ccccc1F)CS(=O)(=O)[O-].CCCC[N+](CCC)(CCCC)CCCC. The van der Waals surface area contributed by atoms with Crippen molar-refractivity contribution in [3.8, 4) is 0 Å². The number of halogens is 2. The number of quaternary nitrogens is 1. The minimum Gasteiger partial charge on any atom is -0.748 e. The van der Waals surface area contributed by atoms with E-state index >= 15 is 0 Å². The van der Waals surface area contributed by atoms with Gasteiger partial charge in [-0.15, -0.1) is 0 Å². The van der Waals surface area contributed by atoms with E-state index in [2.05, 4.69) is 38.3 Å². The fourth-order valence-corrected chi connectivity index (χ4v) is 7.53. The summed E-state index contributed by atoms with van der Waals surface area (Å²) in [5.74, 6) is -1.35. The number of nitrogens with zero attached hydrogens (tertiary/aromatic N) is 1. The Morgan fingerprint density at radius 1 is 0.683 bits per heavy atom. The van der Waals surface area contributed by atoms with E-state index < -0.39 is 51.1 Å². The van der Waals surface area contributed by atoms with Gasteiger partial charge >= 0.3 is 12.2 Å². The van der Waals surface area contributed by atoms with Crippen LogP contribution in [0.15, 0.2) is 48.5 Å². The number of amides is 2. The Bertz CT molecular complexity index is 1630. The van der Waals surface area contributed by atoms with Crippen LogP contribution in [0.5, 0.6) is 0 Å². The Morgan fingerprint density at radius 2 is 1.07 bits per heavy atom. The van der Waals surface area contributed by atoms with Crippen molar-refractivity contribution in [3.05, 3.63) is 71.3 Å². The zero-order valence-corrected chi connectivity index (χ0v) is 39.8. The number of alkyl carbamates (subject to hydrolysis) is 2. The Labute approximate surface area is 364 Å².